The molecule has 33 heavy (non-hydrogen) atoms. The number of hydrogen-bond donors (Lipinski definition) is 4. The van der Waals surface area contributed by atoms with Crippen LogP contribution >= 0.6 is 11.6 Å². The average Bonchev–Trinajstić information content (AvgIpc) is 3.31. The zero-order valence-electron chi connectivity index (χ0n) is 17.9. The number of carbonyl (C=O) groups is 1. The molecule has 0 bridgehead atoms. The van der Waals surface area contributed by atoms with E-state index >= 15 is 0 Å². The molecule has 2 aliphatic rings. The molecule has 2 aliphatic carbocycles. The number of aromatic amines is 2. The van der Waals surface area contributed by atoms with Gasteiger partial charge < -0.3 is 20.1 Å². The summed E-state index contributed by atoms with van der Waals surface area (Å²) < 4.78 is 5.47. The first-order valence-electron chi connectivity index (χ1n) is 10.9. The van der Waals surface area contributed by atoms with Crippen molar-refractivity contribution in [1.29, 1.82) is 0 Å². The van der Waals surface area contributed by atoms with E-state index in [9.17, 15) is 9.90 Å². The summed E-state index contributed by atoms with van der Waals surface area (Å²) in [4.78, 5) is 16.2. The number of methoxy groups -OCH3 is 1. The molecule has 8 heteroatoms. The van der Waals surface area contributed by atoms with Gasteiger partial charge in [0.1, 0.15) is 5.75 Å². The Kier molecular flexibility index (Phi) is 4.54. The molecule has 6 rings (SSSR count). The minimum Gasteiger partial charge on any atom is -0.496 e. The fourth-order valence-electron chi connectivity index (χ4n) is 5.57. The van der Waals surface area contributed by atoms with Gasteiger partial charge in [0.05, 0.1) is 30.0 Å². The summed E-state index contributed by atoms with van der Waals surface area (Å²) in [6, 6.07) is 11.3. The van der Waals surface area contributed by atoms with Crippen LogP contribution in [0.1, 0.15) is 28.8 Å². The Morgan fingerprint density at radius 1 is 1.21 bits per heavy atom. The number of rotatable bonds is 5. The zero-order valence-corrected chi connectivity index (χ0v) is 18.7. The van der Waals surface area contributed by atoms with Gasteiger partial charge in [0.25, 0.3) is 5.91 Å². The smallest absolute Gasteiger partial charge is 0.253 e. The van der Waals surface area contributed by atoms with Gasteiger partial charge in [-0.1, -0.05) is 29.8 Å². The highest BCUT2D eigenvalue weighted by molar-refractivity contribution is 6.31. The van der Waals surface area contributed by atoms with E-state index in [1.165, 1.54) is 0 Å². The van der Waals surface area contributed by atoms with Crippen LogP contribution in [0.3, 0.4) is 0 Å². The predicted octanol–water partition coefficient (Wildman–Crippen LogP) is 4.25. The molecule has 4 N–H and O–H groups in total. The van der Waals surface area contributed by atoms with Crippen LogP contribution in [-0.2, 0) is 5.60 Å². The van der Waals surface area contributed by atoms with Crippen molar-refractivity contribution >= 4 is 28.4 Å². The number of benzene rings is 2. The highest BCUT2D eigenvalue weighted by Crippen LogP contribution is 2.60. The largest absolute Gasteiger partial charge is 0.496 e. The molecule has 7 nitrogen and oxygen atoms in total. The summed E-state index contributed by atoms with van der Waals surface area (Å²) in [5, 5.41) is 23.1. The maximum absolute atomic E-state index is 13.1. The first-order chi connectivity index (χ1) is 16.0. The summed E-state index contributed by atoms with van der Waals surface area (Å²) in [5.41, 5.74) is 2.89. The molecular weight excluding hydrogens is 440 g/mol. The molecule has 2 fully saturated rings. The number of nitrogens with zero attached hydrogens (tertiary/aromatic N) is 1. The second-order valence-electron chi connectivity index (χ2n) is 9.03. The van der Waals surface area contributed by atoms with Gasteiger partial charge in [-0.15, -0.1) is 0 Å². The number of ether oxygens (including phenoxy) is 1. The Morgan fingerprint density at radius 3 is 2.79 bits per heavy atom. The first-order valence-corrected chi connectivity index (χ1v) is 11.3. The monoisotopic (exact) mass is 462 g/mol. The third kappa shape index (κ3) is 3.22. The van der Waals surface area contributed by atoms with Crippen LogP contribution in [0.5, 0.6) is 5.75 Å². The van der Waals surface area contributed by atoms with Gasteiger partial charge in [-0.05, 0) is 48.4 Å². The molecular formula is C25H23ClN4O3. The highest BCUT2D eigenvalue weighted by atomic mass is 35.5. The Hall–Kier alpha value is -3.29. The van der Waals surface area contributed by atoms with E-state index in [4.69, 9.17) is 16.3 Å². The van der Waals surface area contributed by atoms with Crippen LogP contribution in [0.4, 0.5) is 0 Å². The quantitative estimate of drug-likeness (QED) is 0.356. The average molecular weight is 463 g/mol. The number of aromatic nitrogens is 3. The lowest BCUT2D eigenvalue weighted by atomic mass is 9.86. The zero-order chi connectivity index (χ0) is 22.7. The van der Waals surface area contributed by atoms with E-state index in [-0.39, 0.29) is 23.8 Å². The summed E-state index contributed by atoms with van der Waals surface area (Å²) in [6.07, 6.45) is 6.42. The Labute approximate surface area is 195 Å². The summed E-state index contributed by atoms with van der Waals surface area (Å²) in [7, 11) is 1.62. The molecule has 0 radical (unpaired) electrons. The minimum atomic E-state index is -0.972. The first kappa shape index (κ1) is 20.3. The van der Waals surface area contributed by atoms with E-state index in [0.717, 1.165) is 27.6 Å². The molecule has 2 aromatic carbocycles. The van der Waals surface area contributed by atoms with Gasteiger partial charge in [-0.2, -0.15) is 5.10 Å². The van der Waals surface area contributed by atoms with E-state index in [2.05, 4.69) is 20.5 Å². The van der Waals surface area contributed by atoms with Crippen molar-refractivity contribution in [2.75, 3.05) is 7.11 Å². The normalized spacial score (nSPS) is 25.7. The van der Waals surface area contributed by atoms with E-state index in [1.807, 2.05) is 42.6 Å². The minimum absolute atomic E-state index is 0.0530. The molecule has 1 amide bonds. The topological polar surface area (TPSA) is 103 Å². The van der Waals surface area contributed by atoms with Crippen molar-refractivity contribution in [3.05, 3.63) is 71.1 Å². The Bertz CT molecular complexity index is 1370. The number of carbonyl (C=O) groups excluding carboxylic acids is 1. The van der Waals surface area contributed by atoms with Gasteiger partial charge in [-0.3, -0.25) is 9.89 Å². The Morgan fingerprint density at radius 2 is 2.00 bits per heavy atom. The van der Waals surface area contributed by atoms with Crippen molar-refractivity contribution in [1.82, 2.24) is 20.5 Å². The van der Waals surface area contributed by atoms with Gasteiger partial charge in [-0.25, -0.2) is 0 Å². The molecule has 0 unspecified atom stereocenters. The molecule has 2 saturated carbocycles. The molecule has 2 heterocycles. The summed E-state index contributed by atoms with van der Waals surface area (Å²) >= 11 is 6.28. The number of amides is 1. The standard InChI is InChI=1S/C25H23ClN4O3/c1-33-22-5-3-2-4-14(22)17-10-27-11-18(17)24(31)29-23-15-8-25(32,9-16(15)23)20-6-13(26)7-21-19(20)12-28-30-21/h2-7,10-12,15-16,23,27,32H,8-9H2,1H3,(H,28,30)(H,29,31)/t15-,16+,23+,25+. The number of hydrogen-bond acceptors (Lipinski definition) is 4. The second-order valence-corrected chi connectivity index (χ2v) is 9.47. The Balaban J connectivity index is 1.19. The highest BCUT2D eigenvalue weighted by Gasteiger charge is 2.62. The van der Waals surface area contributed by atoms with Crippen LogP contribution < -0.4 is 10.1 Å². The fourth-order valence-corrected chi connectivity index (χ4v) is 5.79. The lowest BCUT2D eigenvalue weighted by Crippen LogP contribution is -2.33. The molecule has 4 atom stereocenters. The van der Waals surface area contributed by atoms with Crippen molar-refractivity contribution in [3.63, 3.8) is 0 Å². The summed E-state index contributed by atoms with van der Waals surface area (Å²) in [5.74, 6) is 1.05. The molecule has 0 spiro atoms. The van der Waals surface area contributed by atoms with E-state index in [1.54, 1.807) is 19.5 Å². The van der Waals surface area contributed by atoms with Crippen LogP contribution in [0.2, 0.25) is 5.02 Å². The van der Waals surface area contributed by atoms with Crippen LogP contribution in [0, 0.1) is 11.8 Å². The van der Waals surface area contributed by atoms with E-state index < -0.39 is 5.60 Å². The number of nitrogens with one attached hydrogen (secondary N) is 3. The number of halogens is 1. The third-order valence-electron chi connectivity index (χ3n) is 7.19. The number of aliphatic hydroxyl groups is 1. The number of para-hydroxylation sites is 1. The lowest BCUT2D eigenvalue weighted by molar-refractivity contribution is 0.0293. The predicted molar refractivity (Wildman–Crippen MR) is 125 cm³/mol. The van der Waals surface area contributed by atoms with Crippen molar-refractivity contribution in [2.24, 2.45) is 11.8 Å². The third-order valence-corrected chi connectivity index (χ3v) is 7.41. The number of fused-ring (bicyclic) bond motifs is 2. The maximum atomic E-state index is 13.1. The van der Waals surface area contributed by atoms with Gasteiger partial charge in [0, 0.05) is 40.0 Å². The van der Waals surface area contributed by atoms with Crippen molar-refractivity contribution in [3.8, 4) is 16.9 Å². The molecule has 2 aromatic heterocycles. The van der Waals surface area contributed by atoms with Gasteiger partial charge >= 0.3 is 0 Å². The summed E-state index contributed by atoms with van der Waals surface area (Å²) in [6.45, 7) is 0. The SMILES string of the molecule is COc1ccccc1-c1c[nH]cc1C(=O)N[C@H]1[C@@H]2C[C@@](O)(c3cc(Cl)cc4[nH]ncc34)C[C@@H]21. The van der Waals surface area contributed by atoms with Crippen molar-refractivity contribution in [2.45, 2.75) is 24.5 Å². The maximum Gasteiger partial charge on any atom is 0.253 e. The van der Waals surface area contributed by atoms with Crippen LogP contribution in [-0.4, -0.2) is 39.3 Å². The second kappa shape index (κ2) is 7.37. The molecule has 0 saturated heterocycles. The van der Waals surface area contributed by atoms with Gasteiger partial charge in [0.2, 0.25) is 0 Å². The van der Waals surface area contributed by atoms with E-state index in [0.29, 0.717) is 29.2 Å². The van der Waals surface area contributed by atoms with Crippen LogP contribution in [0.25, 0.3) is 22.0 Å². The van der Waals surface area contributed by atoms with Crippen LogP contribution in [0.15, 0.2) is 55.0 Å². The number of H-pyrrole nitrogens is 2. The van der Waals surface area contributed by atoms with Crippen molar-refractivity contribution < 1.29 is 14.6 Å². The molecule has 168 valence electrons. The van der Waals surface area contributed by atoms with Gasteiger partial charge in [0.15, 0.2) is 0 Å². The molecule has 4 aromatic rings. The molecule has 0 aliphatic heterocycles. The fraction of sp³-hybridized carbons (Fsp3) is 0.280. The lowest BCUT2D eigenvalue weighted by Gasteiger charge is -2.27.